The fourth-order valence-electron chi connectivity index (χ4n) is 2.43. The highest BCUT2D eigenvalue weighted by Gasteiger charge is 2.08. The van der Waals surface area contributed by atoms with Crippen LogP contribution in [0.3, 0.4) is 0 Å². The normalized spacial score (nSPS) is 12.5. The van der Waals surface area contributed by atoms with Crippen molar-refractivity contribution in [1.82, 2.24) is 5.32 Å². The van der Waals surface area contributed by atoms with E-state index in [1.54, 1.807) is 21.3 Å². The minimum Gasteiger partial charge on any atom is -0.496 e. The molecule has 1 unspecified atom stereocenters. The van der Waals surface area contributed by atoms with Gasteiger partial charge in [0.15, 0.2) is 0 Å². The number of fused-ring (bicyclic) bond motifs is 1. The van der Waals surface area contributed by atoms with Gasteiger partial charge >= 0.3 is 0 Å². The van der Waals surface area contributed by atoms with Gasteiger partial charge in [-0.25, -0.2) is 0 Å². The molecule has 4 nitrogen and oxygen atoms in total. The second-order valence-corrected chi connectivity index (χ2v) is 4.92. The summed E-state index contributed by atoms with van der Waals surface area (Å²) in [4.78, 5) is 0. The number of rotatable bonds is 8. The smallest absolute Gasteiger partial charge is 0.126 e. The molecular formula is C17H23NO3. The van der Waals surface area contributed by atoms with Crippen LogP contribution in [0.2, 0.25) is 0 Å². The summed E-state index contributed by atoms with van der Waals surface area (Å²) in [5, 5.41) is 5.77. The van der Waals surface area contributed by atoms with Crippen LogP contribution in [-0.4, -0.2) is 40.6 Å². The first kappa shape index (κ1) is 15.8. The van der Waals surface area contributed by atoms with Crippen LogP contribution in [0, 0.1) is 0 Å². The van der Waals surface area contributed by atoms with Crippen LogP contribution < -0.4 is 10.1 Å². The maximum absolute atomic E-state index is 5.42. The van der Waals surface area contributed by atoms with Crippen molar-refractivity contribution >= 4 is 10.8 Å². The van der Waals surface area contributed by atoms with E-state index in [-0.39, 0.29) is 6.10 Å². The summed E-state index contributed by atoms with van der Waals surface area (Å²) in [7, 11) is 5.09. The maximum atomic E-state index is 5.42. The Labute approximate surface area is 126 Å². The molecule has 0 amide bonds. The highest BCUT2D eigenvalue weighted by atomic mass is 16.5. The van der Waals surface area contributed by atoms with Crippen molar-refractivity contribution < 1.29 is 14.2 Å². The Hall–Kier alpha value is -1.62. The highest BCUT2D eigenvalue weighted by Crippen LogP contribution is 2.28. The zero-order valence-electron chi connectivity index (χ0n) is 12.9. The number of ether oxygens (including phenoxy) is 3. The van der Waals surface area contributed by atoms with Crippen LogP contribution in [0.1, 0.15) is 5.56 Å². The molecule has 0 aliphatic heterocycles. The largest absolute Gasteiger partial charge is 0.496 e. The molecule has 2 aromatic carbocycles. The summed E-state index contributed by atoms with van der Waals surface area (Å²) < 4.78 is 15.9. The molecule has 0 spiro atoms. The van der Waals surface area contributed by atoms with Crippen LogP contribution in [0.4, 0.5) is 0 Å². The Balaban J connectivity index is 2.09. The second-order valence-electron chi connectivity index (χ2n) is 4.92. The van der Waals surface area contributed by atoms with E-state index >= 15 is 0 Å². The van der Waals surface area contributed by atoms with Gasteiger partial charge in [-0.1, -0.05) is 30.3 Å². The molecule has 0 saturated heterocycles. The topological polar surface area (TPSA) is 39.7 Å². The molecule has 0 heterocycles. The molecule has 4 heteroatoms. The Kier molecular flexibility index (Phi) is 5.99. The highest BCUT2D eigenvalue weighted by molar-refractivity contribution is 5.91. The summed E-state index contributed by atoms with van der Waals surface area (Å²) in [6.07, 6.45) is 0.0690. The summed E-state index contributed by atoms with van der Waals surface area (Å²) >= 11 is 0. The van der Waals surface area contributed by atoms with Gasteiger partial charge in [0.2, 0.25) is 0 Å². The van der Waals surface area contributed by atoms with Crippen molar-refractivity contribution in [2.45, 2.75) is 12.6 Å². The van der Waals surface area contributed by atoms with E-state index < -0.39 is 0 Å². The van der Waals surface area contributed by atoms with E-state index in [1.165, 1.54) is 10.9 Å². The molecule has 2 rings (SSSR count). The van der Waals surface area contributed by atoms with Crippen LogP contribution in [-0.2, 0) is 16.0 Å². The lowest BCUT2D eigenvalue weighted by atomic mass is 10.0. The fraction of sp³-hybridized carbons (Fsp3) is 0.412. The lowest BCUT2D eigenvalue weighted by Crippen LogP contribution is -2.31. The van der Waals surface area contributed by atoms with Crippen molar-refractivity contribution in [1.29, 1.82) is 0 Å². The number of nitrogens with one attached hydrogen (secondary N) is 1. The molecule has 0 aromatic heterocycles. The molecule has 1 N–H and O–H groups in total. The SMILES string of the molecule is COCC(CNCc1ccc(OC)c2ccccc12)OC. The third-order valence-corrected chi connectivity index (χ3v) is 3.57. The predicted octanol–water partition coefficient (Wildman–Crippen LogP) is 2.60. The Morgan fingerprint density at radius 1 is 1.00 bits per heavy atom. The molecule has 0 fully saturated rings. The van der Waals surface area contributed by atoms with E-state index in [0.29, 0.717) is 6.61 Å². The average molecular weight is 289 g/mol. The standard InChI is InChI=1S/C17H23NO3/c1-19-12-14(20-2)11-18-10-13-8-9-17(21-3)16-7-5-4-6-15(13)16/h4-9,14,18H,10-12H2,1-3H3. The van der Waals surface area contributed by atoms with Gasteiger partial charge in [-0.2, -0.15) is 0 Å². The molecule has 21 heavy (non-hydrogen) atoms. The Morgan fingerprint density at radius 2 is 1.76 bits per heavy atom. The van der Waals surface area contributed by atoms with E-state index in [1.807, 2.05) is 18.2 Å². The van der Waals surface area contributed by atoms with Gasteiger partial charge in [-0.15, -0.1) is 0 Å². The molecule has 0 bridgehead atoms. The van der Waals surface area contributed by atoms with Crippen molar-refractivity contribution in [3.63, 3.8) is 0 Å². The zero-order chi connectivity index (χ0) is 15.1. The van der Waals surface area contributed by atoms with Gasteiger partial charge in [0, 0.05) is 32.7 Å². The number of hydrogen-bond acceptors (Lipinski definition) is 4. The Bertz CT molecular complexity index is 571. The van der Waals surface area contributed by atoms with E-state index in [2.05, 4.69) is 23.5 Å². The van der Waals surface area contributed by atoms with Crippen LogP contribution >= 0.6 is 0 Å². The van der Waals surface area contributed by atoms with Gasteiger partial charge in [0.05, 0.1) is 19.8 Å². The first-order valence-electron chi connectivity index (χ1n) is 7.07. The third kappa shape index (κ3) is 3.94. The molecule has 2 aromatic rings. The molecule has 1 atom stereocenters. The summed E-state index contributed by atoms with van der Waals surface area (Å²) in [5.41, 5.74) is 1.25. The first-order valence-corrected chi connectivity index (χ1v) is 7.07. The molecular weight excluding hydrogens is 266 g/mol. The van der Waals surface area contributed by atoms with Crippen LogP contribution in [0.15, 0.2) is 36.4 Å². The van der Waals surface area contributed by atoms with Gasteiger partial charge in [0.25, 0.3) is 0 Å². The third-order valence-electron chi connectivity index (χ3n) is 3.57. The first-order chi connectivity index (χ1) is 10.3. The van der Waals surface area contributed by atoms with Crippen LogP contribution in [0.5, 0.6) is 5.75 Å². The zero-order valence-corrected chi connectivity index (χ0v) is 12.9. The van der Waals surface area contributed by atoms with E-state index in [9.17, 15) is 0 Å². The van der Waals surface area contributed by atoms with Gasteiger partial charge < -0.3 is 19.5 Å². The molecule has 0 aliphatic carbocycles. The van der Waals surface area contributed by atoms with Crippen LogP contribution in [0.25, 0.3) is 10.8 Å². The minimum absolute atomic E-state index is 0.0690. The lowest BCUT2D eigenvalue weighted by Gasteiger charge is -2.16. The molecule has 0 aliphatic rings. The Morgan fingerprint density at radius 3 is 2.43 bits per heavy atom. The van der Waals surface area contributed by atoms with Gasteiger partial charge in [-0.3, -0.25) is 0 Å². The number of benzene rings is 2. The minimum atomic E-state index is 0.0690. The number of hydrogen-bond donors (Lipinski definition) is 1. The van der Waals surface area contributed by atoms with Gasteiger partial charge in [0.1, 0.15) is 5.75 Å². The average Bonchev–Trinajstić information content (AvgIpc) is 2.54. The summed E-state index contributed by atoms with van der Waals surface area (Å²) in [5.74, 6) is 0.906. The van der Waals surface area contributed by atoms with E-state index in [4.69, 9.17) is 14.2 Å². The lowest BCUT2D eigenvalue weighted by molar-refractivity contribution is 0.0288. The maximum Gasteiger partial charge on any atom is 0.126 e. The molecule has 0 saturated carbocycles. The molecule has 114 valence electrons. The summed E-state index contributed by atoms with van der Waals surface area (Å²) in [6.45, 7) is 2.13. The van der Waals surface area contributed by atoms with Crippen molar-refractivity contribution in [2.24, 2.45) is 0 Å². The van der Waals surface area contributed by atoms with Crippen molar-refractivity contribution in [3.8, 4) is 5.75 Å². The second kappa shape index (κ2) is 7.98. The van der Waals surface area contributed by atoms with Gasteiger partial charge in [-0.05, 0) is 17.0 Å². The molecule has 0 radical (unpaired) electrons. The predicted molar refractivity (Wildman–Crippen MR) is 84.9 cm³/mol. The van der Waals surface area contributed by atoms with Crippen molar-refractivity contribution in [2.75, 3.05) is 34.5 Å². The quantitative estimate of drug-likeness (QED) is 0.811. The fourth-order valence-corrected chi connectivity index (χ4v) is 2.43. The summed E-state index contributed by atoms with van der Waals surface area (Å²) in [6, 6.07) is 12.4. The monoisotopic (exact) mass is 289 g/mol. The number of methoxy groups -OCH3 is 3. The van der Waals surface area contributed by atoms with Crippen molar-refractivity contribution in [3.05, 3.63) is 42.0 Å². The van der Waals surface area contributed by atoms with E-state index in [0.717, 1.165) is 24.2 Å².